The normalized spacial score (nSPS) is 25.9. The zero-order valence-corrected chi connectivity index (χ0v) is 18.7. The molecule has 1 saturated heterocycles. The maximum Gasteiger partial charge on any atom is 0.175 e. The third kappa shape index (κ3) is 5.13. The largest absolute Gasteiger partial charge is 0.377 e. The maximum atomic E-state index is 13.5. The molecule has 0 amide bonds. The summed E-state index contributed by atoms with van der Waals surface area (Å²) in [6.07, 6.45) is 5.58. The van der Waals surface area contributed by atoms with Crippen LogP contribution in [0.3, 0.4) is 0 Å². The highest BCUT2D eigenvalue weighted by atomic mass is 35.5. The number of hydrogen-bond donors (Lipinski definition) is 0. The Morgan fingerprint density at radius 1 is 0.812 bits per heavy atom. The van der Waals surface area contributed by atoms with Gasteiger partial charge in [0.05, 0.1) is 69.7 Å². The number of fused-ring (bicyclic) bond motifs is 2. The lowest BCUT2D eigenvalue weighted by molar-refractivity contribution is 0.00206. The number of carbonyl (C=O) groups excluding carboxylic acids is 2. The Hall–Kier alpha value is -2.03. The lowest BCUT2D eigenvalue weighted by atomic mass is 9.70. The summed E-state index contributed by atoms with van der Waals surface area (Å²) in [6.45, 7) is 5.09. The fraction of sp³-hybridized carbons (Fsp3) is 0.500. The molecule has 8 heteroatoms. The number of allylic oxidation sites excluding steroid dienone is 4. The van der Waals surface area contributed by atoms with E-state index in [9.17, 15) is 9.59 Å². The summed E-state index contributed by atoms with van der Waals surface area (Å²) in [5.41, 5.74) is 1.52. The van der Waals surface area contributed by atoms with Crippen molar-refractivity contribution < 1.29 is 28.5 Å². The third-order valence-corrected chi connectivity index (χ3v) is 6.18. The van der Waals surface area contributed by atoms with Crippen molar-refractivity contribution in [2.45, 2.75) is 0 Å². The molecule has 1 aliphatic heterocycles. The lowest BCUT2D eigenvalue weighted by Gasteiger charge is -2.38. The molecule has 7 nitrogen and oxygen atoms in total. The molecule has 0 N–H and O–H groups in total. The summed E-state index contributed by atoms with van der Waals surface area (Å²) in [7, 11) is 0. The number of nitrogens with zero attached hydrogens (tertiary/aromatic N) is 1. The number of carbonyl (C=O) groups is 2. The number of halogens is 1. The van der Waals surface area contributed by atoms with Crippen molar-refractivity contribution in [3.05, 3.63) is 58.3 Å². The van der Waals surface area contributed by atoms with E-state index >= 15 is 0 Å². The monoisotopic (exact) mass is 461 g/mol. The highest BCUT2D eigenvalue weighted by Crippen LogP contribution is 2.40. The van der Waals surface area contributed by atoms with Gasteiger partial charge in [-0.25, -0.2) is 0 Å². The molecule has 0 aromatic heterocycles. The smallest absolute Gasteiger partial charge is 0.175 e. The van der Waals surface area contributed by atoms with E-state index in [1.165, 1.54) is 0 Å². The molecular formula is C24H28ClNO6. The van der Waals surface area contributed by atoms with Gasteiger partial charge in [0.25, 0.3) is 0 Å². The number of benzene rings is 1. The van der Waals surface area contributed by atoms with Crippen molar-refractivity contribution >= 4 is 23.2 Å². The minimum absolute atomic E-state index is 0.0749. The molecule has 0 spiro atoms. The van der Waals surface area contributed by atoms with Crippen LogP contribution < -0.4 is 0 Å². The Bertz CT molecular complexity index is 882. The number of rotatable bonds is 1. The minimum atomic E-state index is -0.603. The van der Waals surface area contributed by atoms with Crippen LogP contribution in [-0.2, 0) is 18.9 Å². The highest BCUT2D eigenvalue weighted by molar-refractivity contribution is 6.36. The molecule has 32 heavy (non-hydrogen) atoms. The average molecular weight is 462 g/mol. The highest BCUT2D eigenvalue weighted by Gasteiger charge is 2.45. The number of ketones is 2. The van der Waals surface area contributed by atoms with E-state index < -0.39 is 11.8 Å². The third-order valence-electron chi connectivity index (χ3n) is 5.87. The molecule has 2 aliphatic carbocycles. The van der Waals surface area contributed by atoms with E-state index in [4.69, 9.17) is 30.5 Å². The molecule has 1 fully saturated rings. The first-order chi connectivity index (χ1) is 15.7. The van der Waals surface area contributed by atoms with Crippen molar-refractivity contribution in [2.75, 3.05) is 65.9 Å². The molecule has 0 bridgehead atoms. The van der Waals surface area contributed by atoms with Gasteiger partial charge in [0.1, 0.15) is 0 Å². The average Bonchev–Trinajstić information content (AvgIpc) is 2.81. The van der Waals surface area contributed by atoms with Crippen molar-refractivity contribution in [2.24, 2.45) is 11.8 Å². The summed E-state index contributed by atoms with van der Waals surface area (Å²) in [4.78, 5) is 28.8. The van der Waals surface area contributed by atoms with Gasteiger partial charge in [0.2, 0.25) is 0 Å². The first kappa shape index (κ1) is 23.1. The molecule has 0 radical (unpaired) electrons. The zero-order chi connectivity index (χ0) is 22.3. The van der Waals surface area contributed by atoms with Crippen molar-refractivity contribution in [3.63, 3.8) is 0 Å². The summed E-state index contributed by atoms with van der Waals surface area (Å²) < 4.78 is 22.4. The SMILES string of the molecule is O=C1c2cccc(Cl)c2C(=O)C2C(N3CCOCCOCCOCCOCC3)=CC=CC12. The summed E-state index contributed by atoms with van der Waals surface area (Å²) in [5, 5.41) is 0.317. The van der Waals surface area contributed by atoms with E-state index in [0.717, 1.165) is 5.70 Å². The molecule has 1 aromatic rings. The van der Waals surface area contributed by atoms with Crippen molar-refractivity contribution in [3.8, 4) is 0 Å². The quantitative estimate of drug-likeness (QED) is 0.636. The van der Waals surface area contributed by atoms with Crippen LogP contribution >= 0.6 is 11.6 Å². The molecule has 2 atom stereocenters. The second-order valence-electron chi connectivity index (χ2n) is 7.81. The van der Waals surface area contributed by atoms with Crippen molar-refractivity contribution in [1.29, 1.82) is 0 Å². The summed E-state index contributed by atoms with van der Waals surface area (Å²) in [6, 6.07) is 5.05. The fourth-order valence-corrected chi connectivity index (χ4v) is 4.57. The Morgan fingerprint density at radius 2 is 1.41 bits per heavy atom. The van der Waals surface area contributed by atoms with Gasteiger partial charge in [0, 0.05) is 29.9 Å². The number of hydrogen-bond acceptors (Lipinski definition) is 7. The molecule has 3 aliphatic rings. The summed E-state index contributed by atoms with van der Waals surface area (Å²) >= 11 is 6.34. The van der Waals surface area contributed by atoms with E-state index in [-0.39, 0.29) is 11.6 Å². The predicted octanol–water partition coefficient (Wildman–Crippen LogP) is 2.79. The van der Waals surface area contributed by atoms with E-state index in [1.807, 2.05) is 18.2 Å². The van der Waals surface area contributed by atoms with Gasteiger partial charge in [-0.15, -0.1) is 0 Å². The molecule has 172 valence electrons. The Morgan fingerprint density at radius 3 is 2.03 bits per heavy atom. The first-order valence-electron chi connectivity index (χ1n) is 11.0. The molecule has 0 saturated carbocycles. The van der Waals surface area contributed by atoms with Gasteiger partial charge in [-0.3, -0.25) is 9.59 Å². The zero-order valence-electron chi connectivity index (χ0n) is 18.0. The van der Waals surface area contributed by atoms with Gasteiger partial charge in [-0.05, 0) is 12.1 Å². The molecule has 1 heterocycles. The van der Waals surface area contributed by atoms with Crippen LogP contribution in [0.2, 0.25) is 5.02 Å². The number of Topliss-reactive ketones (excluding diaryl/α,β-unsaturated/α-hetero) is 2. The van der Waals surface area contributed by atoms with Crippen LogP contribution in [0, 0.1) is 11.8 Å². The topological polar surface area (TPSA) is 74.3 Å². The molecule has 1 aromatic carbocycles. The van der Waals surface area contributed by atoms with E-state index in [2.05, 4.69) is 4.90 Å². The Kier molecular flexibility index (Phi) is 8.10. The summed E-state index contributed by atoms with van der Waals surface area (Å²) in [5.74, 6) is -1.33. The molecule has 4 rings (SSSR count). The van der Waals surface area contributed by atoms with Gasteiger partial charge in [0.15, 0.2) is 11.6 Å². The first-order valence-corrected chi connectivity index (χ1v) is 11.4. The van der Waals surface area contributed by atoms with Crippen LogP contribution in [0.25, 0.3) is 0 Å². The maximum absolute atomic E-state index is 13.5. The minimum Gasteiger partial charge on any atom is -0.377 e. The van der Waals surface area contributed by atoms with Crippen LogP contribution in [0.4, 0.5) is 0 Å². The molecule has 2 unspecified atom stereocenters. The van der Waals surface area contributed by atoms with Gasteiger partial charge in [-0.2, -0.15) is 0 Å². The lowest BCUT2D eigenvalue weighted by Crippen LogP contribution is -2.44. The number of ether oxygens (including phenoxy) is 4. The van der Waals surface area contributed by atoms with Gasteiger partial charge < -0.3 is 23.8 Å². The standard InChI is InChI=1S/C24H28ClNO6/c25-19-5-1-3-17-21(19)24(28)22-18(23(17)27)4-2-6-20(22)26-7-9-29-11-13-31-15-16-32-14-12-30-10-8-26/h1-6,18,22H,7-16H2. The second kappa shape index (κ2) is 11.2. The van der Waals surface area contributed by atoms with Crippen LogP contribution in [-0.4, -0.2) is 82.4 Å². The fourth-order valence-electron chi connectivity index (χ4n) is 4.31. The van der Waals surface area contributed by atoms with Gasteiger partial charge >= 0.3 is 0 Å². The predicted molar refractivity (Wildman–Crippen MR) is 119 cm³/mol. The van der Waals surface area contributed by atoms with E-state index in [1.54, 1.807) is 18.2 Å². The van der Waals surface area contributed by atoms with Crippen LogP contribution in [0.1, 0.15) is 20.7 Å². The van der Waals surface area contributed by atoms with E-state index in [0.29, 0.717) is 82.1 Å². The van der Waals surface area contributed by atoms with Crippen LogP contribution in [0.5, 0.6) is 0 Å². The van der Waals surface area contributed by atoms with Crippen LogP contribution in [0.15, 0.2) is 42.1 Å². The van der Waals surface area contributed by atoms with Crippen molar-refractivity contribution in [1.82, 2.24) is 4.90 Å². The Labute approximate surface area is 192 Å². The Balaban J connectivity index is 1.55. The molecular weight excluding hydrogens is 434 g/mol. The van der Waals surface area contributed by atoms with Gasteiger partial charge in [-0.1, -0.05) is 35.9 Å². The second-order valence-corrected chi connectivity index (χ2v) is 8.21.